The van der Waals surface area contributed by atoms with E-state index in [0.717, 1.165) is 44.0 Å². The lowest BCUT2D eigenvalue weighted by molar-refractivity contribution is 0.412. The number of anilines is 1. The first-order chi connectivity index (χ1) is 15.3. The zero-order chi connectivity index (χ0) is 22.9. The molecule has 1 aromatic heterocycles. The van der Waals surface area contributed by atoms with E-state index in [1.807, 2.05) is 19.0 Å². The number of benzene rings is 2. The molecule has 0 unspecified atom stereocenters. The van der Waals surface area contributed by atoms with Crippen LogP contribution in [0.2, 0.25) is 0 Å². The molecule has 0 saturated carbocycles. The van der Waals surface area contributed by atoms with Gasteiger partial charge < -0.3 is 19.9 Å². The normalized spacial score (nSPS) is 15.0. The SMILES string of the molecule is COc1ccc(S(=O)(=O)n2cc(CCN(C)C)c3cc(F)ccc32)cc1N1CCNCC1. The third kappa shape index (κ3) is 4.32. The van der Waals surface area contributed by atoms with Gasteiger partial charge in [-0.15, -0.1) is 0 Å². The van der Waals surface area contributed by atoms with Crippen LogP contribution in [0, 0.1) is 5.82 Å². The van der Waals surface area contributed by atoms with Gasteiger partial charge in [0.15, 0.2) is 0 Å². The average molecular weight is 461 g/mol. The predicted molar refractivity (Wildman–Crippen MR) is 125 cm³/mol. The number of piperazine rings is 1. The summed E-state index contributed by atoms with van der Waals surface area (Å²) in [4.78, 5) is 4.31. The largest absolute Gasteiger partial charge is 0.495 e. The number of rotatable bonds is 7. The highest BCUT2D eigenvalue weighted by molar-refractivity contribution is 7.90. The van der Waals surface area contributed by atoms with Crippen LogP contribution in [-0.2, 0) is 16.4 Å². The van der Waals surface area contributed by atoms with E-state index in [2.05, 4.69) is 10.2 Å². The lowest BCUT2D eigenvalue weighted by Gasteiger charge is -2.30. The molecule has 2 aromatic carbocycles. The van der Waals surface area contributed by atoms with Gasteiger partial charge >= 0.3 is 0 Å². The summed E-state index contributed by atoms with van der Waals surface area (Å²) < 4.78 is 48.2. The van der Waals surface area contributed by atoms with Gasteiger partial charge in [-0.05, 0) is 62.5 Å². The van der Waals surface area contributed by atoms with Crippen LogP contribution in [0.4, 0.5) is 10.1 Å². The summed E-state index contributed by atoms with van der Waals surface area (Å²) in [6.45, 7) is 3.90. The summed E-state index contributed by atoms with van der Waals surface area (Å²) in [5.41, 5.74) is 2.03. The van der Waals surface area contributed by atoms with Crippen molar-refractivity contribution in [3.8, 4) is 5.75 Å². The summed E-state index contributed by atoms with van der Waals surface area (Å²) in [6.07, 6.45) is 2.24. The molecule has 7 nitrogen and oxygen atoms in total. The topological polar surface area (TPSA) is 66.8 Å². The second-order valence-electron chi connectivity index (χ2n) is 8.24. The third-order valence-corrected chi connectivity index (χ3v) is 7.48. The lowest BCUT2D eigenvalue weighted by atomic mass is 10.1. The summed E-state index contributed by atoms with van der Waals surface area (Å²) in [6, 6.07) is 9.17. The number of ether oxygens (including phenoxy) is 1. The number of hydrogen-bond acceptors (Lipinski definition) is 6. The Labute approximate surface area is 188 Å². The third-order valence-electron chi connectivity index (χ3n) is 5.81. The number of fused-ring (bicyclic) bond motifs is 1. The molecule has 1 saturated heterocycles. The highest BCUT2D eigenvalue weighted by Crippen LogP contribution is 2.33. The van der Waals surface area contributed by atoms with Crippen LogP contribution in [0.3, 0.4) is 0 Å². The second kappa shape index (κ2) is 9.09. The van der Waals surface area contributed by atoms with E-state index in [1.165, 1.54) is 22.2 Å². The Morgan fingerprint density at radius 1 is 1.12 bits per heavy atom. The molecule has 3 aromatic rings. The van der Waals surface area contributed by atoms with Crippen molar-refractivity contribution in [2.75, 3.05) is 58.8 Å². The molecular formula is C23H29FN4O3S. The molecule has 1 aliphatic rings. The number of methoxy groups -OCH3 is 1. The van der Waals surface area contributed by atoms with Crippen LogP contribution in [0.15, 0.2) is 47.5 Å². The second-order valence-corrected chi connectivity index (χ2v) is 10.1. The average Bonchev–Trinajstić information content (AvgIpc) is 3.16. The molecule has 9 heteroatoms. The van der Waals surface area contributed by atoms with Crippen LogP contribution in [0.25, 0.3) is 10.9 Å². The van der Waals surface area contributed by atoms with Gasteiger partial charge in [0.25, 0.3) is 10.0 Å². The van der Waals surface area contributed by atoms with Gasteiger partial charge in [-0.3, -0.25) is 0 Å². The highest BCUT2D eigenvalue weighted by Gasteiger charge is 2.24. The first-order valence-electron chi connectivity index (χ1n) is 10.6. The summed E-state index contributed by atoms with van der Waals surface area (Å²) in [7, 11) is 1.58. The van der Waals surface area contributed by atoms with Crippen LogP contribution in [0.5, 0.6) is 5.75 Å². The quantitative estimate of drug-likeness (QED) is 0.585. The smallest absolute Gasteiger partial charge is 0.268 e. The molecule has 0 aliphatic carbocycles. The van der Waals surface area contributed by atoms with Gasteiger partial charge in [0, 0.05) is 44.3 Å². The van der Waals surface area contributed by atoms with E-state index < -0.39 is 10.0 Å². The van der Waals surface area contributed by atoms with Crippen molar-refractivity contribution >= 4 is 26.6 Å². The van der Waals surface area contributed by atoms with Crippen molar-refractivity contribution in [2.24, 2.45) is 0 Å². The Kier molecular flexibility index (Phi) is 6.41. The summed E-state index contributed by atoms with van der Waals surface area (Å²) in [5, 5.41) is 3.92. The predicted octanol–water partition coefficient (Wildman–Crippen LogP) is 2.54. The van der Waals surface area contributed by atoms with E-state index in [-0.39, 0.29) is 10.7 Å². The van der Waals surface area contributed by atoms with Crippen molar-refractivity contribution < 1.29 is 17.5 Å². The molecule has 172 valence electrons. The Morgan fingerprint density at radius 2 is 1.88 bits per heavy atom. The Hall–Kier alpha value is -2.62. The number of likely N-dealkylation sites (N-methyl/N-ethyl adjacent to an activating group) is 1. The van der Waals surface area contributed by atoms with Crippen molar-refractivity contribution in [1.29, 1.82) is 0 Å². The van der Waals surface area contributed by atoms with Gasteiger partial charge in [0.2, 0.25) is 0 Å². The first kappa shape index (κ1) is 22.6. The number of nitrogens with zero attached hydrogens (tertiary/aromatic N) is 3. The van der Waals surface area contributed by atoms with E-state index in [0.29, 0.717) is 23.1 Å². The van der Waals surface area contributed by atoms with Crippen molar-refractivity contribution in [1.82, 2.24) is 14.2 Å². The molecule has 4 rings (SSSR count). The van der Waals surface area contributed by atoms with Crippen LogP contribution >= 0.6 is 0 Å². The van der Waals surface area contributed by atoms with Gasteiger partial charge in [-0.25, -0.2) is 16.8 Å². The monoisotopic (exact) mass is 460 g/mol. The minimum absolute atomic E-state index is 0.173. The van der Waals surface area contributed by atoms with Crippen molar-refractivity contribution in [2.45, 2.75) is 11.3 Å². The van der Waals surface area contributed by atoms with E-state index >= 15 is 0 Å². The zero-order valence-corrected chi connectivity index (χ0v) is 19.5. The molecular weight excluding hydrogens is 431 g/mol. The zero-order valence-electron chi connectivity index (χ0n) is 18.6. The Morgan fingerprint density at radius 3 is 2.56 bits per heavy atom. The number of aromatic nitrogens is 1. The molecule has 0 bridgehead atoms. The number of hydrogen-bond donors (Lipinski definition) is 1. The maximum Gasteiger partial charge on any atom is 0.268 e. The standard InChI is InChI=1S/C23H29FN4O3S/c1-26(2)11-8-17-16-28(21-6-4-18(24)14-20(17)21)32(29,30)19-5-7-23(31-3)22(15-19)27-12-9-25-10-13-27/h4-7,14-16,25H,8-13H2,1-3H3. The molecule has 2 heterocycles. The minimum atomic E-state index is -3.90. The van der Waals surface area contributed by atoms with Crippen LogP contribution in [0.1, 0.15) is 5.56 Å². The van der Waals surface area contributed by atoms with Crippen molar-refractivity contribution in [3.05, 3.63) is 54.0 Å². The Balaban J connectivity index is 1.81. The van der Waals surface area contributed by atoms with Gasteiger partial charge in [-0.2, -0.15) is 0 Å². The van der Waals surface area contributed by atoms with Crippen molar-refractivity contribution in [3.63, 3.8) is 0 Å². The highest BCUT2D eigenvalue weighted by atomic mass is 32.2. The van der Waals surface area contributed by atoms with Crippen LogP contribution in [-0.4, -0.2) is 71.2 Å². The van der Waals surface area contributed by atoms with E-state index in [9.17, 15) is 12.8 Å². The molecule has 1 aliphatic heterocycles. The van der Waals surface area contributed by atoms with Gasteiger partial charge in [0.1, 0.15) is 11.6 Å². The maximum absolute atomic E-state index is 14.0. The lowest BCUT2D eigenvalue weighted by Crippen LogP contribution is -2.43. The fourth-order valence-electron chi connectivity index (χ4n) is 4.08. The molecule has 1 N–H and O–H groups in total. The fourth-order valence-corrected chi connectivity index (χ4v) is 5.49. The molecule has 0 radical (unpaired) electrons. The first-order valence-corrected chi connectivity index (χ1v) is 12.1. The van der Waals surface area contributed by atoms with E-state index in [4.69, 9.17) is 4.74 Å². The summed E-state index contributed by atoms with van der Waals surface area (Å²) in [5.74, 6) is 0.251. The fraction of sp³-hybridized carbons (Fsp3) is 0.391. The van der Waals surface area contributed by atoms with Gasteiger partial charge in [-0.1, -0.05) is 0 Å². The molecule has 1 fully saturated rings. The molecule has 0 amide bonds. The van der Waals surface area contributed by atoms with E-state index in [1.54, 1.807) is 31.5 Å². The van der Waals surface area contributed by atoms with Crippen LogP contribution < -0.4 is 15.0 Å². The molecule has 0 spiro atoms. The molecule has 32 heavy (non-hydrogen) atoms. The molecule has 0 atom stereocenters. The Bertz CT molecular complexity index is 1220. The maximum atomic E-state index is 14.0. The number of halogens is 1. The number of nitrogens with one attached hydrogen (secondary N) is 1. The van der Waals surface area contributed by atoms with Gasteiger partial charge in [0.05, 0.1) is 23.2 Å². The summed E-state index contributed by atoms with van der Waals surface area (Å²) >= 11 is 0. The minimum Gasteiger partial charge on any atom is -0.495 e.